The SMILES string of the molecule is Cc1c(Nc2ccc(C#N)cc2Cl)ncnc1OC1C2CCC1CN(S(=O)(=O)C1CC1)C2. The van der Waals surface area contributed by atoms with Crippen LogP contribution < -0.4 is 10.1 Å². The van der Waals surface area contributed by atoms with E-state index >= 15 is 0 Å². The fraction of sp³-hybridized carbons (Fsp3) is 0.500. The molecular formula is C22H24ClN5O3S. The number of nitrogens with zero attached hydrogens (tertiary/aromatic N) is 4. The average Bonchev–Trinajstić information content (AvgIpc) is 3.60. The summed E-state index contributed by atoms with van der Waals surface area (Å²) in [4.78, 5) is 8.67. The fourth-order valence-corrected chi connectivity index (χ4v) is 6.91. The summed E-state index contributed by atoms with van der Waals surface area (Å²) in [7, 11) is -3.16. The standard InChI is InChI=1S/C22H24ClN5O3S/c1-13-21(27-19-7-2-14(9-24)8-18(19)23)25-12-26-22(13)31-20-15-3-4-16(20)11-28(10-15)32(29,30)17-5-6-17/h2,7-8,12,15-17,20H,3-6,10-11H2,1H3,(H,25,26,27). The molecule has 5 rings (SSSR count). The Labute approximate surface area is 192 Å². The maximum absolute atomic E-state index is 12.7. The Morgan fingerprint density at radius 2 is 1.91 bits per heavy atom. The molecule has 1 aromatic carbocycles. The van der Waals surface area contributed by atoms with Gasteiger partial charge in [-0.2, -0.15) is 5.26 Å². The van der Waals surface area contributed by atoms with E-state index in [1.807, 2.05) is 6.92 Å². The minimum absolute atomic E-state index is 0.0550. The van der Waals surface area contributed by atoms with Crippen LogP contribution in [0.5, 0.6) is 5.88 Å². The summed E-state index contributed by atoms with van der Waals surface area (Å²) in [6.07, 6.45) is 4.88. The maximum atomic E-state index is 12.7. The number of fused-ring (bicyclic) bond motifs is 2. The van der Waals surface area contributed by atoms with Crippen LogP contribution in [-0.4, -0.2) is 47.1 Å². The van der Waals surface area contributed by atoms with Crippen molar-refractivity contribution in [1.29, 1.82) is 5.26 Å². The van der Waals surface area contributed by atoms with Crippen LogP contribution in [0.3, 0.4) is 0 Å². The number of halogens is 1. The molecule has 3 aliphatic rings. The molecule has 8 nitrogen and oxygen atoms in total. The summed E-state index contributed by atoms with van der Waals surface area (Å²) in [6.45, 7) is 2.93. The minimum Gasteiger partial charge on any atom is -0.473 e. The Bertz CT molecular complexity index is 1180. The van der Waals surface area contributed by atoms with Crippen LogP contribution in [0.2, 0.25) is 5.02 Å². The average molecular weight is 474 g/mol. The first kappa shape index (κ1) is 21.4. The Balaban J connectivity index is 1.32. The fourth-order valence-electron chi connectivity index (χ4n) is 4.73. The van der Waals surface area contributed by atoms with Crippen molar-refractivity contribution in [2.24, 2.45) is 11.8 Å². The number of aromatic nitrogens is 2. The quantitative estimate of drug-likeness (QED) is 0.682. The Kier molecular flexibility index (Phi) is 5.48. The monoisotopic (exact) mass is 473 g/mol. The molecule has 2 aliphatic carbocycles. The van der Waals surface area contributed by atoms with Crippen molar-refractivity contribution in [2.75, 3.05) is 18.4 Å². The molecule has 168 valence electrons. The van der Waals surface area contributed by atoms with Crippen LogP contribution in [0.1, 0.15) is 36.8 Å². The predicted octanol–water partition coefficient (Wildman–Crippen LogP) is 3.64. The number of piperidine rings is 1. The Morgan fingerprint density at radius 3 is 2.53 bits per heavy atom. The lowest BCUT2D eigenvalue weighted by Gasteiger charge is -2.37. The first-order valence-corrected chi connectivity index (χ1v) is 12.7. The van der Waals surface area contributed by atoms with Crippen LogP contribution in [-0.2, 0) is 10.0 Å². The zero-order valence-electron chi connectivity index (χ0n) is 17.7. The molecule has 2 saturated carbocycles. The van der Waals surface area contributed by atoms with Crippen LogP contribution in [0.25, 0.3) is 0 Å². The second kappa shape index (κ2) is 8.18. The van der Waals surface area contributed by atoms with Gasteiger partial charge in [-0.05, 0) is 50.8 Å². The number of sulfonamides is 1. The van der Waals surface area contributed by atoms with Crippen molar-refractivity contribution in [3.8, 4) is 11.9 Å². The van der Waals surface area contributed by atoms with Crippen LogP contribution in [0.15, 0.2) is 24.5 Å². The highest BCUT2D eigenvalue weighted by Crippen LogP contribution is 2.43. The van der Waals surface area contributed by atoms with E-state index in [2.05, 4.69) is 21.4 Å². The van der Waals surface area contributed by atoms with Gasteiger partial charge in [-0.15, -0.1) is 0 Å². The van der Waals surface area contributed by atoms with Gasteiger partial charge < -0.3 is 10.1 Å². The topological polar surface area (TPSA) is 108 Å². The normalized spacial score (nSPS) is 25.3. The molecule has 1 aliphatic heterocycles. The summed E-state index contributed by atoms with van der Waals surface area (Å²) in [5, 5.41) is 12.5. The highest BCUT2D eigenvalue weighted by molar-refractivity contribution is 7.90. The van der Waals surface area contributed by atoms with E-state index in [0.717, 1.165) is 31.2 Å². The van der Waals surface area contributed by atoms with E-state index < -0.39 is 10.0 Å². The second-order valence-corrected chi connectivity index (χ2v) is 11.4. The van der Waals surface area contributed by atoms with Gasteiger partial charge in [0.2, 0.25) is 15.9 Å². The number of ether oxygens (including phenoxy) is 1. The molecule has 2 aromatic rings. The second-order valence-electron chi connectivity index (χ2n) is 8.83. The van der Waals surface area contributed by atoms with E-state index in [4.69, 9.17) is 21.6 Å². The van der Waals surface area contributed by atoms with Gasteiger partial charge in [0.25, 0.3) is 0 Å². The van der Waals surface area contributed by atoms with E-state index in [9.17, 15) is 8.42 Å². The zero-order chi connectivity index (χ0) is 22.5. The molecule has 1 aromatic heterocycles. The lowest BCUT2D eigenvalue weighted by atomic mass is 9.96. The Morgan fingerprint density at radius 1 is 1.19 bits per heavy atom. The first-order chi connectivity index (χ1) is 15.4. The highest BCUT2D eigenvalue weighted by Gasteiger charge is 2.50. The van der Waals surface area contributed by atoms with Crippen molar-refractivity contribution >= 4 is 33.1 Å². The Hall–Kier alpha value is -2.41. The largest absolute Gasteiger partial charge is 0.473 e. The number of hydrogen-bond donors (Lipinski definition) is 1. The van der Waals surface area contributed by atoms with Crippen molar-refractivity contribution in [1.82, 2.24) is 14.3 Å². The third-order valence-corrected chi connectivity index (χ3v) is 9.30. The molecular weight excluding hydrogens is 450 g/mol. The van der Waals surface area contributed by atoms with E-state index in [1.165, 1.54) is 6.33 Å². The van der Waals surface area contributed by atoms with Crippen LogP contribution >= 0.6 is 11.6 Å². The number of benzene rings is 1. The number of nitriles is 1. The van der Waals surface area contributed by atoms with Gasteiger partial charge in [-0.25, -0.2) is 22.7 Å². The van der Waals surface area contributed by atoms with Gasteiger partial charge in [0.15, 0.2) is 0 Å². The molecule has 1 N–H and O–H groups in total. The van der Waals surface area contributed by atoms with Gasteiger partial charge in [-0.3, -0.25) is 0 Å². The smallest absolute Gasteiger partial charge is 0.221 e. The molecule has 0 amide bonds. The minimum atomic E-state index is -3.16. The van der Waals surface area contributed by atoms with Crippen LogP contribution in [0.4, 0.5) is 11.5 Å². The molecule has 3 fully saturated rings. The molecule has 2 unspecified atom stereocenters. The van der Waals surface area contributed by atoms with Crippen LogP contribution in [0, 0.1) is 30.1 Å². The molecule has 2 bridgehead atoms. The first-order valence-electron chi connectivity index (χ1n) is 10.8. The third-order valence-electron chi connectivity index (χ3n) is 6.66. The van der Waals surface area contributed by atoms with Gasteiger partial charge >= 0.3 is 0 Å². The van der Waals surface area contributed by atoms with Gasteiger partial charge in [0.05, 0.1) is 33.2 Å². The lowest BCUT2D eigenvalue weighted by molar-refractivity contribution is 0.0602. The molecule has 1 saturated heterocycles. The third kappa shape index (κ3) is 3.91. The molecule has 2 atom stereocenters. The summed E-state index contributed by atoms with van der Waals surface area (Å²) >= 11 is 6.29. The molecule has 10 heteroatoms. The van der Waals surface area contributed by atoms with E-state index in [-0.39, 0.29) is 23.2 Å². The summed E-state index contributed by atoms with van der Waals surface area (Å²) in [5.74, 6) is 1.40. The van der Waals surface area contributed by atoms with Gasteiger partial charge in [0.1, 0.15) is 18.2 Å². The van der Waals surface area contributed by atoms with Gasteiger partial charge in [0, 0.05) is 24.9 Å². The zero-order valence-corrected chi connectivity index (χ0v) is 19.2. The number of hydrogen-bond acceptors (Lipinski definition) is 7. The highest BCUT2D eigenvalue weighted by atomic mass is 35.5. The van der Waals surface area contributed by atoms with Crippen molar-refractivity contribution < 1.29 is 13.2 Å². The number of nitrogens with one attached hydrogen (secondary N) is 1. The summed E-state index contributed by atoms with van der Waals surface area (Å²) < 4.78 is 33.5. The van der Waals surface area contributed by atoms with E-state index in [0.29, 0.717) is 41.1 Å². The van der Waals surface area contributed by atoms with E-state index in [1.54, 1.807) is 22.5 Å². The molecule has 0 radical (unpaired) electrons. The predicted molar refractivity (Wildman–Crippen MR) is 120 cm³/mol. The van der Waals surface area contributed by atoms with Gasteiger partial charge in [-0.1, -0.05) is 11.6 Å². The number of anilines is 2. The number of rotatable bonds is 6. The molecule has 32 heavy (non-hydrogen) atoms. The van der Waals surface area contributed by atoms with Crippen molar-refractivity contribution in [3.63, 3.8) is 0 Å². The summed E-state index contributed by atoms with van der Waals surface area (Å²) in [5.41, 5.74) is 1.87. The lowest BCUT2D eigenvalue weighted by Crippen LogP contribution is -2.50. The summed E-state index contributed by atoms with van der Waals surface area (Å²) in [6, 6.07) is 7.08. The maximum Gasteiger partial charge on any atom is 0.221 e. The molecule has 2 heterocycles. The van der Waals surface area contributed by atoms with Crippen molar-refractivity contribution in [2.45, 2.75) is 44.0 Å². The van der Waals surface area contributed by atoms with Crippen molar-refractivity contribution in [3.05, 3.63) is 40.7 Å². The molecule has 0 spiro atoms.